The molecule has 1 fully saturated rings. The number of alkyl halides is 2. The summed E-state index contributed by atoms with van der Waals surface area (Å²) in [5.41, 5.74) is -1.26. The van der Waals surface area contributed by atoms with Crippen LogP contribution in [0.3, 0.4) is 0 Å². The highest BCUT2D eigenvalue weighted by Gasteiger charge is 2.53. The van der Waals surface area contributed by atoms with Gasteiger partial charge in [-0.1, -0.05) is 18.2 Å². The molecule has 0 aliphatic carbocycles. The van der Waals surface area contributed by atoms with Gasteiger partial charge in [0.2, 0.25) is 5.91 Å². The predicted molar refractivity (Wildman–Crippen MR) is 74.3 cm³/mol. The predicted octanol–water partition coefficient (Wildman–Crippen LogP) is 3.40. The van der Waals surface area contributed by atoms with Gasteiger partial charge in [0.05, 0.1) is 12.6 Å². The maximum atomic E-state index is 13.2. The first-order valence-corrected chi connectivity index (χ1v) is 7.12. The Bertz CT molecular complexity index is 587. The average molecular weight is 295 g/mol. The van der Waals surface area contributed by atoms with Gasteiger partial charge in [-0.25, -0.2) is 8.78 Å². The van der Waals surface area contributed by atoms with Crippen molar-refractivity contribution in [3.8, 4) is 5.75 Å². The molecular weight excluding hydrogens is 276 g/mol. The summed E-state index contributed by atoms with van der Waals surface area (Å²) in [5.74, 6) is 0.243. The van der Waals surface area contributed by atoms with Crippen LogP contribution in [0.2, 0.25) is 0 Å². The fourth-order valence-electron chi connectivity index (χ4n) is 3.20. The smallest absolute Gasteiger partial charge is 0.252 e. The molecule has 2 heterocycles. The van der Waals surface area contributed by atoms with Gasteiger partial charge >= 0.3 is 0 Å². The summed E-state index contributed by atoms with van der Waals surface area (Å²) >= 11 is 0. The van der Waals surface area contributed by atoms with Crippen LogP contribution < -0.4 is 4.74 Å². The molecular formula is C16H19F2NO2. The van der Waals surface area contributed by atoms with E-state index in [1.807, 2.05) is 31.2 Å². The number of nitrogens with zero attached hydrogens (tertiary/aromatic N) is 1. The van der Waals surface area contributed by atoms with E-state index in [4.69, 9.17) is 4.74 Å². The van der Waals surface area contributed by atoms with E-state index in [9.17, 15) is 13.6 Å². The van der Waals surface area contributed by atoms with E-state index < -0.39 is 23.3 Å². The zero-order chi connectivity index (χ0) is 15.4. The number of para-hydroxylation sites is 1. The monoisotopic (exact) mass is 295 g/mol. The Labute approximate surface area is 122 Å². The second kappa shape index (κ2) is 4.42. The number of amides is 1. The lowest BCUT2D eigenvalue weighted by Crippen LogP contribution is -2.45. The maximum Gasteiger partial charge on any atom is 0.252 e. The molecule has 0 aromatic heterocycles. The largest absolute Gasteiger partial charge is 0.485 e. The summed E-state index contributed by atoms with van der Waals surface area (Å²) in [7, 11) is 0. The lowest BCUT2D eigenvalue weighted by molar-refractivity contribution is -0.150. The minimum atomic E-state index is -2.69. The minimum absolute atomic E-state index is 0.175. The summed E-state index contributed by atoms with van der Waals surface area (Å²) in [5, 5.41) is 0. The van der Waals surface area contributed by atoms with Crippen LogP contribution in [0.1, 0.15) is 38.8 Å². The Hall–Kier alpha value is -1.65. The first-order valence-electron chi connectivity index (χ1n) is 7.12. The summed E-state index contributed by atoms with van der Waals surface area (Å²) in [6, 6.07) is 7.35. The van der Waals surface area contributed by atoms with Crippen molar-refractivity contribution in [3.63, 3.8) is 0 Å². The molecule has 114 valence electrons. The van der Waals surface area contributed by atoms with Crippen molar-refractivity contribution >= 4 is 5.91 Å². The highest BCUT2D eigenvalue weighted by atomic mass is 19.3. The van der Waals surface area contributed by atoms with E-state index in [0.717, 1.165) is 11.3 Å². The van der Waals surface area contributed by atoms with E-state index >= 15 is 0 Å². The molecule has 3 rings (SSSR count). The molecule has 1 aromatic carbocycles. The highest BCUT2D eigenvalue weighted by Crippen LogP contribution is 2.49. The van der Waals surface area contributed by atoms with Gasteiger partial charge in [0.25, 0.3) is 6.43 Å². The first kappa shape index (κ1) is 14.3. The van der Waals surface area contributed by atoms with Crippen LogP contribution in [0, 0.1) is 5.41 Å². The van der Waals surface area contributed by atoms with Crippen LogP contribution in [0.25, 0.3) is 0 Å². The fourth-order valence-corrected chi connectivity index (χ4v) is 3.20. The molecule has 1 amide bonds. The SMILES string of the molecule is CC12CC(c3ccccc3O1)N(C(=O)C(C)(C)C(F)F)C2. The van der Waals surface area contributed by atoms with E-state index in [0.29, 0.717) is 13.0 Å². The van der Waals surface area contributed by atoms with E-state index in [2.05, 4.69) is 0 Å². The standard InChI is InChI=1S/C16H19F2NO2/c1-15(2,13(17)18)14(20)19-9-16(3)8-11(19)10-6-4-5-7-12(10)21-16/h4-7,11,13H,8-9H2,1-3H3. The number of hydrogen-bond donors (Lipinski definition) is 0. The van der Waals surface area contributed by atoms with Crippen molar-refractivity contribution in [1.29, 1.82) is 0 Å². The molecule has 2 bridgehead atoms. The molecule has 0 N–H and O–H groups in total. The summed E-state index contributed by atoms with van der Waals surface area (Å²) < 4.78 is 32.3. The van der Waals surface area contributed by atoms with Crippen LogP contribution in [0.5, 0.6) is 5.75 Å². The Morgan fingerprint density at radius 1 is 1.43 bits per heavy atom. The Kier molecular flexibility index (Phi) is 3.01. The van der Waals surface area contributed by atoms with Crippen molar-refractivity contribution in [3.05, 3.63) is 29.8 Å². The molecule has 0 saturated carbocycles. The van der Waals surface area contributed by atoms with Gasteiger partial charge in [-0.3, -0.25) is 4.79 Å². The number of ether oxygens (including phenoxy) is 1. The number of likely N-dealkylation sites (tertiary alicyclic amines) is 1. The van der Waals surface area contributed by atoms with Gasteiger partial charge in [0.15, 0.2) is 0 Å². The zero-order valence-corrected chi connectivity index (χ0v) is 12.4. The summed E-state index contributed by atoms with van der Waals surface area (Å²) in [6.45, 7) is 4.88. The van der Waals surface area contributed by atoms with Gasteiger partial charge in [-0.05, 0) is 26.8 Å². The Morgan fingerprint density at radius 3 is 2.76 bits per heavy atom. The van der Waals surface area contributed by atoms with Gasteiger partial charge in [0.1, 0.15) is 16.8 Å². The summed E-state index contributed by atoms with van der Waals surface area (Å²) in [6.07, 6.45) is -2.04. The van der Waals surface area contributed by atoms with Crippen molar-refractivity contribution in [2.75, 3.05) is 6.54 Å². The van der Waals surface area contributed by atoms with Crippen LogP contribution in [-0.2, 0) is 4.79 Å². The van der Waals surface area contributed by atoms with E-state index in [1.165, 1.54) is 13.8 Å². The molecule has 0 spiro atoms. The third kappa shape index (κ3) is 2.10. The number of rotatable bonds is 2. The molecule has 0 radical (unpaired) electrons. The maximum absolute atomic E-state index is 13.2. The van der Waals surface area contributed by atoms with Crippen LogP contribution in [-0.4, -0.2) is 29.4 Å². The second-order valence-corrected chi connectivity index (χ2v) is 6.77. The van der Waals surface area contributed by atoms with Gasteiger partial charge in [-0.2, -0.15) is 0 Å². The zero-order valence-electron chi connectivity index (χ0n) is 12.4. The number of carbonyl (C=O) groups is 1. The topological polar surface area (TPSA) is 29.5 Å². The van der Waals surface area contributed by atoms with Crippen molar-refractivity contribution in [2.45, 2.75) is 45.3 Å². The van der Waals surface area contributed by atoms with Gasteiger partial charge < -0.3 is 9.64 Å². The van der Waals surface area contributed by atoms with Crippen LogP contribution in [0.4, 0.5) is 8.78 Å². The van der Waals surface area contributed by atoms with Gasteiger partial charge in [-0.15, -0.1) is 0 Å². The Balaban J connectivity index is 1.99. The number of carbonyl (C=O) groups excluding carboxylic acids is 1. The molecule has 2 aliphatic heterocycles. The molecule has 3 nitrogen and oxygen atoms in total. The molecule has 1 saturated heterocycles. The van der Waals surface area contributed by atoms with Crippen molar-refractivity contribution in [1.82, 2.24) is 4.90 Å². The number of hydrogen-bond acceptors (Lipinski definition) is 2. The first-order chi connectivity index (χ1) is 9.74. The average Bonchev–Trinajstić information content (AvgIpc) is 2.70. The fraction of sp³-hybridized carbons (Fsp3) is 0.562. The van der Waals surface area contributed by atoms with E-state index in [1.54, 1.807) is 4.90 Å². The highest BCUT2D eigenvalue weighted by molar-refractivity contribution is 5.83. The third-order valence-corrected chi connectivity index (χ3v) is 4.50. The van der Waals surface area contributed by atoms with Gasteiger partial charge in [0, 0.05) is 12.0 Å². The van der Waals surface area contributed by atoms with Crippen molar-refractivity contribution in [2.24, 2.45) is 5.41 Å². The summed E-state index contributed by atoms with van der Waals surface area (Å²) in [4.78, 5) is 14.2. The lowest BCUT2D eigenvalue weighted by Gasteiger charge is -2.33. The third-order valence-electron chi connectivity index (χ3n) is 4.50. The molecule has 21 heavy (non-hydrogen) atoms. The van der Waals surface area contributed by atoms with Crippen LogP contribution >= 0.6 is 0 Å². The van der Waals surface area contributed by atoms with Crippen molar-refractivity contribution < 1.29 is 18.3 Å². The molecule has 5 heteroatoms. The molecule has 2 aliphatic rings. The molecule has 2 unspecified atom stereocenters. The number of halogens is 2. The molecule has 2 atom stereocenters. The number of benzene rings is 1. The quantitative estimate of drug-likeness (QED) is 0.837. The normalized spacial score (nSPS) is 27.5. The van der Waals surface area contributed by atoms with Crippen LogP contribution in [0.15, 0.2) is 24.3 Å². The molecule has 1 aromatic rings. The second-order valence-electron chi connectivity index (χ2n) is 6.77. The lowest BCUT2D eigenvalue weighted by atomic mass is 9.90. The minimum Gasteiger partial charge on any atom is -0.485 e. The Morgan fingerprint density at radius 2 is 2.10 bits per heavy atom. The number of fused-ring (bicyclic) bond motifs is 4. The van der Waals surface area contributed by atoms with E-state index in [-0.39, 0.29) is 6.04 Å².